The molecule has 18 heavy (non-hydrogen) atoms. The molecular formula is C15H18N2S. The molecule has 0 bridgehead atoms. The fourth-order valence-electron chi connectivity index (χ4n) is 1.64. The Morgan fingerprint density at radius 3 is 2.39 bits per heavy atom. The summed E-state index contributed by atoms with van der Waals surface area (Å²) < 4.78 is 0. The first kappa shape index (κ1) is 13.0. The third kappa shape index (κ3) is 4.08. The molecule has 0 aliphatic rings. The zero-order chi connectivity index (χ0) is 12.6. The van der Waals surface area contributed by atoms with Gasteiger partial charge in [-0.15, -0.1) is 0 Å². The molecule has 0 aliphatic carbocycles. The van der Waals surface area contributed by atoms with Gasteiger partial charge in [0.2, 0.25) is 0 Å². The summed E-state index contributed by atoms with van der Waals surface area (Å²) in [5.74, 6) is 2.27. The van der Waals surface area contributed by atoms with Gasteiger partial charge in [-0.05, 0) is 41.1 Å². The minimum Gasteiger partial charge on any atom is -0.381 e. The second-order valence-electron chi connectivity index (χ2n) is 4.04. The summed E-state index contributed by atoms with van der Waals surface area (Å²) >= 11 is 1.95. The van der Waals surface area contributed by atoms with Gasteiger partial charge in [-0.25, -0.2) is 0 Å². The van der Waals surface area contributed by atoms with E-state index in [1.807, 2.05) is 36.3 Å². The lowest BCUT2D eigenvalue weighted by Gasteiger charge is -2.07. The minimum atomic E-state index is 0.839. The van der Waals surface area contributed by atoms with E-state index in [4.69, 9.17) is 0 Å². The second kappa shape index (κ2) is 7.07. The van der Waals surface area contributed by atoms with Gasteiger partial charge in [0, 0.05) is 30.4 Å². The SMILES string of the molecule is CCSCc1ccc(NCc2ccncc2)cc1. The fraction of sp³-hybridized carbons (Fsp3) is 0.267. The molecule has 1 N–H and O–H groups in total. The van der Waals surface area contributed by atoms with Crippen molar-refractivity contribution in [1.29, 1.82) is 0 Å². The van der Waals surface area contributed by atoms with Gasteiger partial charge in [-0.1, -0.05) is 19.1 Å². The maximum Gasteiger partial charge on any atom is 0.0401 e. The van der Waals surface area contributed by atoms with Gasteiger partial charge in [-0.3, -0.25) is 4.98 Å². The molecule has 0 amide bonds. The van der Waals surface area contributed by atoms with Gasteiger partial charge in [0.25, 0.3) is 0 Å². The van der Waals surface area contributed by atoms with Crippen molar-refractivity contribution in [3.05, 3.63) is 59.9 Å². The number of rotatable bonds is 6. The Kier molecular flexibility index (Phi) is 5.09. The standard InChI is InChI=1S/C15H18N2S/c1-2-18-12-14-3-5-15(6-4-14)17-11-13-7-9-16-10-8-13/h3-10,17H,2,11-12H2,1H3. The zero-order valence-corrected chi connectivity index (χ0v) is 11.4. The van der Waals surface area contributed by atoms with Crippen LogP contribution in [0.15, 0.2) is 48.8 Å². The molecule has 0 saturated heterocycles. The highest BCUT2D eigenvalue weighted by atomic mass is 32.2. The van der Waals surface area contributed by atoms with Gasteiger partial charge < -0.3 is 5.32 Å². The topological polar surface area (TPSA) is 24.9 Å². The molecule has 0 radical (unpaired) electrons. The van der Waals surface area contributed by atoms with Crippen LogP contribution in [-0.2, 0) is 12.3 Å². The lowest BCUT2D eigenvalue weighted by atomic mass is 10.2. The smallest absolute Gasteiger partial charge is 0.0401 e. The molecule has 2 nitrogen and oxygen atoms in total. The summed E-state index contributed by atoms with van der Waals surface area (Å²) in [5.41, 5.74) is 3.80. The highest BCUT2D eigenvalue weighted by Crippen LogP contribution is 2.15. The van der Waals surface area contributed by atoms with Gasteiger partial charge in [0.15, 0.2) is 0 Å². The molecule has 0 unspecified atom stereocenters. The van der Waals surface area contributed by atoms with Crippen LogP contribution in [0.1, 0.15) is 18.1 Å². The van der Waals surface area contributed by atoms with Crippen LogP contribution < -0.4 is 5.32 Å². The van der Waals surface area contributed by atoms with Crippen LogP contribution in [-0.4, -0.2) is 10.7 Å². The first-order valence-electron chi connectivity index (χ1n) is 6.18. The number of nitrogens with zero attached hydrogens (tertiary/aromatic N) is 1. The summed E-state index contributed by atoms with van der Waals surface area (Å²) in [7, 11) is 0. The largest absolute Gasteiger partial charge is 0.381 e. The summed E-state index contributed by atoms with van der Waals surface area (Å²) in [5, 5.41) is 3.41. The van der Waals surface area contributed by atoms with Crippen LogP contribution in [0.25, 0.3) is 0 Å². The third-order valence-corrected chi connectivity index (χ3v) is 3.62. The monoisotopic (exact) mass is 258 g/mol. The number of anilines is 1. The Hall–Kier alpha value is -1.48. The molecule has 0 aliphatic heterocycles. The van der Waals surface area contributed by atoms with Crippen molar-refractivity contribution in [2.45, 2.75) is 19.2 Å². The van der Waals surface area contributed by atoms with Crippen molar-refractivity contribution in [3.8, 4) is 0 Å². The van der Waals surface area contributed by atoms with Crippen LogP contribution in [0.5, 0.6) is 0 Å². The zero-order valence-electron chi connectivity index (χ0n) is 10.6. The quantitative estimate of drug-likeness (QED) is 0.849. The molecule has 3 heteroatoms. The van der Waals surface area contributed by atoms with Crippen LogP contribution in [0.3, 0.4) is 0 Å². The Morgan fingerprint density at radius 1 is 1.00 bits per heavy atom. The van der Waals surface area contributed by atoms with Crippen LogP contribution in [0.4, 0.5) is 5.69 Å². The van der Waals surface area contributed by atoms with Crippen molar-refractivity contribution in [2.75, 3.05) is 11.1 Å². The molecule has 94 valence electrons. The lowest BCUT2D eigenvalue weighted by molar-refractivity contribution is 1.13. The number of pyridine rings is 1. The van der Waals surface area contributed by atoms with Crippen molar-refractivity contribution in [3.63, 3.8) is 0 Å². The molecule has 2 aromatic rings. The molecule has 1 heterocycles. The van der Waals surface area contributed by atoms with E-state index in [9.17, 15) is 0 Å². The first-order chi connectivity index (χ1) is 8.88. The van der Waals surface area contributed by atoms with Crippen molar-refractivity contribution < 1.29 is 0 Å². The number of benzene rings is 1. The van der Waals surface area contributed by atoms with Crippen LogP contribution in [0, 0.1) is 0 Å². The average Bonchev–Trinajstić information content (AvgIpc) is 2.45. The maximum atomic E-state index is 4.01. The lowest BCUT2D eigenvalue weighted by Crippen LogP contribution is -1.99. The molecule has 0 spiro atoms. The first-order valence-corrected chi connectivity index (χ1v) is 7.33. The summed E-state index contributed by atoms with van der Waals surface area (Å²) in [6.07, 6.45) is 3.64. The normalized spacial score (nSPS) is 10.3. The van der Waals surface area contributed by atoms with E-state index in [1.54, 1.807) is 0 Å². The predicted octanol–water partition coefficient (Wildman–Crippen LogP) is 3.95. The molecule has 1 aromatic heterocycles. The predicted molar refractivity (Wildman–Crippen MR) is 79.8 cm³/mol. The Balaban J connectivity index is 1.86. The molecule has 0 fully saturated rings. The van der Waals surface area contributed by atoms with E-state index in [0.29, 0.717) is 0 Å². The van der Waals surface area contributed by atoms with E-state index in [0.717, 1.165) is 18.0 Å². The molecular weight excluding hydrogens is 240 g/mol. The average molecular weight is 258 g/mol. The fourth-order valence-corrected chi connectivity index (χ4v) is 2.28. The van der Waals surface area contributed by atoms with E-state index >= 15 is 0 Å². The summed E-state index contributed by atoms with van der Waals surface area (Å²) in [6.45, 7) is 3.03. The Morgan fingerprint density at radius 2 is 1.72 bits per heavy atom. The number of thioether (sulfide) groups is 1. The number of nitrogens with one attached hydrogen (secondary N) is 1. The van der Waals surface area contributed by atoms with Crippen LogP contribution >= 0.6 is 11.8 Å². The van der Waals surface area contributed by atoms with Gasteiger partial charge in [-0.2, -0.15) is 11.8 Å². The highest BCUT2D eigenvalue weighted by molar-refractivity contribution is 7.98. The Bertz CT molecular complexity index is 454. The van der Waals surface area contributed by atoms with E-state index < -0.39 is 0 Å². The molecule has 0 atom stereocenters. The highest BCUT2D eigenvalue weighted by Gasteiger charge is 1.95. The summed E-state index contributed by atoms with van der Waals surface area (Å²) in [4.78, 5) is 4.01. The molecule has 1 aromatic carbocycles. The van der Waals surface area contributed by atoms with Crippen molar-refractivity contribution >= 4 is 17.4 Å². The van der Waals surface area contributed by atoms with Crippen LogP contribution in [0.2, 0.25) is 0 Å². The summed E-state index contributed by atoms with van der Waals surface area (Å²) in [6, 6.07) is 12.7. The van der Waals surface area contributed by atoms with Crippen molar-refractivity contribution in [1.82, 2.24) is 4.98 Å². The van der Waals surface area contributed by atoms with Gasteiger partial charge in [0.1, 0.15) is 0 Å². The van der Waals surface area contributed by atoms with Gasteiger partial charge in [0.05, 0.1) is 0 Å². The third-order valence-electron chi connectivity index (χ3n) is 2.67. The minimum absolute atomic E-state index is 0.839. The molecule has 0 saturated carbocycles. The number of hydrogen-bond donors (Lipinski definition) is 1. The Labute approximate surface area is 113 Å². The van der Waals surface area contributed by atoms with E-state index in [-0.39, 0.29) is 0 Å². The number of hydrogen-bond acceptors (Lipinski definition) is 3. The molecule has 2 rings (SSSR count). The maximum absolute atomic E-state index is 4.01. The van der Waals surface area contributed by atoms with E-state index in [2.05, 4.69) is 41.5 Å². The second-order valence-corrected chi connectivity index (χ2v) is 5.32. The van der Waals surface area contributed by atoms with Gasteiger partial charge >= 0.3 is 0 Å². The van der Waals surface area contributed by atoms with Crippen molar-refractivity contribution in [2.24, 2.45) is 0 Å². The van der Waals surface area contributed by atoms with E-state index in [1.165, 1.54) is 16.9 Å². The number of aromatic nitrogens is 1.